The Morgan fingerprint density at radius 2 is 1.05 bits per heavy atom. The summed E-state index contributed by atoms with van der Waals surface area (Å²) in [7, 11) is 0. The summed E-state index contributed by atoms with van der Waals surface area (Å²) < 4.78 is 0. The van der Waals surface area contributed by atoms with Gasteiger partial charge in [0.1, 0.15) is 0 Å². The van der Waals surface area contributed by atoms with Gasteiger partial charge in [0.2, 0.25) is 0 Å². The van der Waals surface area contributed by atoms with E-state index in [1.165, 1.54) is 32.9 Å². The molecule has 0 aliphatic carbocycles. The molecule has 2 aromatic rings. The molecular weight excluding hydrogens is 295 g/mol. The van der Waals surface area contributed by atoms with Crippen LogP contribution in [0.1, 0.15) is 22.3 Å². The Balaban J connectivity index is 1.84. The summed E-state index contributed by atoms with van der Waals surface area (Å²) in [4.78, 5) is 0. The summed E-state index contributed by atoms with van der Waals surface area (Å²) in [5.74, 6) is 0. The van der Waals surface area contributed by atoms with E-state index in [4.69, 9.17) is 0 Å². The van der Waals surface area contributed by atoms with E-state index in [2.05, 4.69) is 61.7 Å². The molecular formula is C18H18Se. The van der Waals surface area contributed by atoms with Crippen molar-refractivity contribution in [2.75, 3.05) is 0 Å². The van der Waals surface area contributed by atoms with Gasteiger partial charge in [0.15, 0.2) is 0 Å². The first-order valence-corrected chi connectivity index (χ1v) is 8.74. The quantitative estimate of drug-likeness (QED) is 0.694. The Bertz CT molecular complexity index is 483. The standard InChI is InChI=1S/C18H18Se/c1-3-15-5-9-17(10-6-15)13-19-14-18-11-7-16(4-2)8-12-18/h3-12H,1-2,13-14H2. The molecule has 0 atom stereocenters. The van der Waals surface area contributed by atoms with Crippen LogP contribution in [0.4, 0.5) is 0 Å². The van der Waals surface area contributed by atoms with E-state index >= 15 is 0 Å². The molecule has 0 amide bonds. The Morgan fingerprint density at radius 1 is 0.684 bits per heavy atom. The van der Waals surface area contributed by atoms with Crippen LogP contribution in [-0.4, -0.2) is 15.0 Å². The van der Waals surface area contributed by atoms with Crippen LogP contribution < -0.4 is 0 Å². The summed E-state index contributed by atoms with van der Waals surface area (Å²) in [5.41, 5.74) is 5.23. The average molecular weight is 313 g/mol. The molecule has 0 nitrogen and oxygen atoms in total. The summed E-state index contributed by atoms with van der Waals surface area (Å²) in [5, 5.41) is 2.38. The van der Waals surface area contributed by atoms with Crippen molar-refractivity contribution in [3.63, 3.8) is 0 Å². The normalized spacial score (nSPS) is 10.1. The van der Waals surface area contributed by atoms with Crippen LogP contribution in [-0.2, 0) is 10.6 Å². The van der Waals surface area contributed by atoms with Crippen LogP contribution in [0.25, 0.3) is 12.2 Å². The van der Waals surface area contributed by atoms with Crippen molar-refractivity contribution in [3.05, 3.63) is 83.9 Å². The molecule has 2 rings (SSSR count). The van der Waals surface area contributed by atoms with E-state index in [9.17, 15) is 0 Å². The third-order valence-corrected chi connectivity index (χ3v) is 5.22. The molecule has 0 spiro atoms. The zero-order valence-electron chi connectivity index (χ0n) is 11.0. The average Bonchev–Trinajstić information content (AvgIpc) is 2.49. The molecule has 0 heterocycles. The van der Waals surface area contributed by atoms with Gasteiger partial charge in [-0.3, -0.25) is 0 Å². The van der Waals surface area contributed by atoms with Crippen LogP contribution in [0, 0.1) is 0 Å². The summed E-state index contributed by atoms with van der Waals surface area (Å²) >= 11 is 0.616. The Labute approximate surface area is 122 Å². The first kappa shape index (κ1) is 13.9. The Morgan fingerprint density at radius 3 is 1.37 bits per heavy atom. The van der Waals surface area contributed by atoms with Gasteiger partial charge >= 0.3 is 122 Å². The first-order valence-electron chi connectivity index (χ1n) is 6.32. The van der Waals surface area contributed by atoms with Crippen molar-refractivity contribution in [3.8, 4) is 0 Å². The Kier molecular flexibility index (Phi) is 5.20. The summed E-state index contributed by atoms with van der Waals surface area (Å²) in [6.45, 7) is 7.55. The summed E-state index contributed by atoms with van der Waals surface area (Å²) in [6.07, 6.45) is 3.77. The molecule has 0 radical (unpaired) electrons. The van der Waals surface area contributed by atoms with Crippen molar-refractivity contribution in [2.45, 2.75) is 10.6 Å². The van der Waals surface area contributed by atoms with E-state index in [-0.39, 0.29) is 0 Å². The number of hydrogen-bond acceptors (Lipinski definition) is 0. The SMILES string of the molecule is C=Cc1ccc(C[Se]Cc2ccc(C=C)cc2)cc1. The van der Waals surface area contributed by atoms with E-state index in [1.54, 1.807) is 0 Å². The van der Waals surface area contributed by atoms with Crippen molar-refractivity contribution in [2.24, 2.45) is 0 Å². The molecule has 0 bridgehead atoms. The molecule has 0 aliphatic heterocycles. The van der Waals surface area contributed by atoms with Crippen molar-refractivity contribution < 1.29 is 0 Å². The van der Waals surface area contributed by atoms with E-state index < -0.39 is 0 Å². The van der Waals surface area contributed by atoms with Crippen LogP contribution in [0.2, 0.25) is 0 Å². The molecule has 0 unspecified atom stereocenters. The van der Waals surface area contributed by atoms with E-state index in [1.807, 2.05) is 12.2 Å². The van der Waals surface area contributed by atoms with Crippen molar-refractivity contribution in [1.82, 2.24) is 0 Å². The summed E-state index contributed by atoms with van der Waals surface area (Å²) in [6, 6.07) is 17.4. The second-order valence-corrected chi connectivity index (χ2v) is 6.45. The fraction of sp³-hybridized carbons (Fsp3) is 0.111. The monoisotopic (exact) mass is 314 g/mol. The minimum absolute atomic E-state index is 0.616. The van der Waals surface area contributed by atoms with Gasteiger partial charge in [-0.05, 0) is 0 Å². The van der Waals surface area contributed by atoms with E-state index in [0.717, 1.165) is 0 Å². The van der Waals surface area contributed by atoms with Gasteiger partial charge < -0.3 is 0 Å². The molecule has 19 heavy (non-hydrogen) atoms. The van der Waals surface area contributed by atoms with Crippen LogP contribution in [0.15, 0.2) is 61.7 Å². The van der Waals surface area contributed by atoms with Crippen molar-refractivity contribution >= 4 is 27.1 Å². The topological polar surface area (TPSA) is 0 Å². The van der Waals surface area contributed by atoms with Gasteiger partial charge in [-0.15, -0.1) is 0 Å². The zero-order valence-corrected chi connectivity index (χ0v) is 12.7. The van der Waals surface area contributed by atoms with Gasteiger partial charge in [0, 0.05) is 0 Å². The predicted octanol–water partition coefficient (Wildman–Crippen LogP) is 4.38. The van der Waals surface area contributed by atoms with Gasteiger partial charge in [0.25, 0.3) is 0 Å². The van der Waals surface area contributed by atoms with Crippen molar-refractivity contribution in [1.29, 1.82) is 0 Å². The fourth-order valence-electron chi connectivity index (χ4n) is 1.79. The van der Waals surface area contributed by atoms with Gasteiger partial charge in [-0.2, -0.15) is 0 Å². The molecule has 0 fully saturated rings. The molecule has 96 valence electrons. The van der Waals surface area contributed by atoms with Gasteiger partial charge in [0.05, 0.1) is 0 Å². The number of hydrogen-bond donors (Lipinski definition) is 0. The number of rotatable bonds is 6. The Hall–Kier alpha value is -1.56. The second-order valence-electron chi connectivity index (χ2n) is 4.38. The maximum absolute atomic E-state index is 3.77. The molecule has 0 saturated heterocycles. The second kappa shape index (κ2) is 7.13. The first-order chi connectivity index (χ1) is 9.31. The van der Waals surface area contributed by atoms with Gasteiger partial charge in [-0.1, -0.05) is 0 Å². The maximum atomic E-state index is 3.77. The third-order valence-electron chi connectivity index (χ3n) is 2.97. The molecule has 0 aromatic heterocycles. The molecule has 1 heteroatoms. The van der Waals surface area contributed by atoms with E-state index in [0.29, 0.717) is 15.0 Å². The molecule has 0 N–H and O–H groups in total. The third kappa shape index (κ3) is 4.24. The zero-order chi connectivity index (χ0) is 13.5. The van der Waals surface area contributed by atoms with Crippen LogP contribution >= 0.6 is 0 Å². The fourth-order valence-corrected chi connectivity index (χ4v) is 3.80. The molecule has 0 saturated carbocycles. The minimum atomic E-state index is 0.616. The van der Waals surface area contributed by atoms with Gasteiger partial charge in [-0.25, -0.2) is 0 Å². The van der Waals surface area contributed by atoms with Crippen LogP contribution in [0.5, 0.6) is 0 Å². The van der Waals surface area contributed by atoms with Crippen LogP contribution in [0.3, 0.4) is 0 Å². The number of benzene rings is 2. The molecule has 2 aromatic carbocycles. The predicted molar refractivity (Wildman–Crippen MR) is 86.2 cm³/mol. The molecule has 0 aliphatic rings.